The molecule has 106 valence electrons. The topological polar surface area (TPSA) is 18.5 Å². The lowest BCUT2D eigenvalue weighted by Crippen LogP contribution is -2.38. The first-order valence-corrected chi connectivity index (χ1v) is 7.96. The second-order valence-corrected chi connectivity index (χ2v) is 6.21. The fraction of sp³-hybridized carbons (Fsp3) is 1.00. The van der Waals surface area contributed by atoms with E-state index < -0.39 is 0 Å². The number of likely N-dealkylation sites (tertiary alicyclic amines) is 2. The lowest BCUT2D eigenvalue weighted by molar-refractivity contribution is 0.213. The summed E-state index contributed by atoms with van der Waals surface area (Å²) >= 11 is 0. The predicted molar refractivity (Wildman–Crippen MR) is 78.0 cm³/mol. The molecule has 2 aliphatic rings. The minimum Gasteiger partial charge on any atom is -0.315 e. The standard InChI is InChI=1S/C15H31N3/c1-17-11-6-15(7-12-17)14-16-8-13-18-9-4-2-3-5-10-18/h15-16H,2-14H2,1H3. The predicted octanol–water partition coefficient (Wildman–Crippen LogP) is 1.79. The summed E-state index contributed by atoms with van der Waals surface area (Å²) in [6.07, 6.45) is 8.48. The lowest BCUT2D eigenvalue weighted by atomic mass is 9.97. The van der Waals surface area contributed by atoms with Gasteiger partial charge in [-0.3, -0.25) is 0 Å². The minimum atomic E-state index is 0.922. The largest absolute Gasteiger partial charge is 0.315 e. The summed E-state index contributed by atoms with van der Waals surface area (Å²) in [6, 6.07) is 0. The van der Waals surface area contributed by atoms with E-state index in [0.717, 1.165) is 5.92 Å². The summed E-state index contributed by atoms with van der Waals surface area (Å²) in [7, 11) is 2.24. The number of nitrogens with zero attached hydrogens (tertiary/aromatic N) is 2. The molecule has 0 atom stereocenters. The van der Waals surface area contributed by atoms with Gasteiger partial charge in [0.25, 0.3) is 0 Å². The van der Waals surface area contributed by atoms with Crippen molar-refractivity contribution < 1.29 is 0 Å². The van der Waals surface area contributed by atoms with Gasteiger partial charge < -0.3 is 15.1 Å². The van der Waals surface area contributed by atoms with Crippen LogP contribution in [-0.4, -0.2) is 62.7 Å². The molecule has 2 saturated heterocycles. The Morgan fingerprint density at radius 3 is 2.28 bits per heavy atom. The molecule has 0 aliphatic carbocycles. The van der Waals surface area contributed by atoms with E-state index in [9.17, 15) is 0 Å². The molecule has 18 heavy (non-hydrogen) atoms. The third-order valence-electron chi connectivity index (χ3n) is 4.57. The normalized spacial score (nSPS) is 25.2. The molecule has 2 fully saturated rings. The molecular weight excluding hydrogens is 222 g/mol. The highest BCUT2D eigenvalue weighted by molar-refractivity contribution is 4.72. The molecule has 0 radical (unpaired) electrons. The van der Waals surface area contributed by atoms with E-state index in [0.29, 0.717) is 0 Å². The smallest absolute Gasteiger partial charge is 0.0107 e. The van der Waals surface area contributed by atoms with Crippen LogP contribution < -0.4 is 5.32 Å². The van der Waals surface area contributed by atoms with Crippen molar-refractivity contribution in [2.75, 3.05) is 52.9 Å². The van der Waals surface area contributed by atoms with Crippen LogP contribution in [0.3, 0.4) is 0 Å². The molecule has 0 aromatic carbocycles. The molecule has 0 amide bonds. The first-order valence-electron chi connectivity index (χ1n) is 7.96. The Morgan fingerprint density at radius 2 is 1.61 bits per heavy atom. The number of rotatable bonds is 5. The van der Waals surface area contributed by atoms with Crippen LogP contribution in [0.4, 0.5) is 0 Å². The van der Waals surface area contributed by atoms with E-state index >= 15 is 0 Å². The van der Waals surface area contributed by atoms with Crippen LogP contribution in [0, 0.1) is 5.92 Å². The maximum absolute atomic E-state index is 3.68. The van der Waals surface area contributed by atoms with Crippen LogP contribution in [0.15, 0.2) is 0 Å². The zero-order valence-electron chi connectivity index (χ0n) is 12.2. The van der Waals surface area contributed by atoms with Gasteiger partial charge in [-0.05, 0) is 71.4 Å². The van der Waals surface area contributed by atoms with Gasteiger partial charge >= 0.3 is 0 Å². The van der Waals surface area contributed by atoms with Crippen molar-refractivity contribution in [1.82, 2.24) is 15.1 Å². The Labute approximate surface area is 113 Å². The second-order valence-electron chi connectivity index (χ2n) is 6.21. The first kappa shape index (κ1) is 14.3. The molecule has 0 aromatic rings. The molecular formula is C15H31N3. The Kier molecular flexibility index (Phi) is 6.46. The van der Waals surface area contributed by atoms with Crippen LogP contribution in [0.5, 0.6) is 0 Å². The van der Waals surface area contributed by atoms with Gasteiger partial charge in [0.05, 0.1) is 0 Å². The molecule has 0 spiro atoms. The van der Waals surface area contributed by atoms with Crippen molar-refractivity contribution in [2.24, 2.45) is 5.92 Å². The summed E-state index contributed by atoms with van der Waals surface area (Å²) < 4.78 is 0. The average Bonchev–Trinajstić information content (AvgIpc) is 2.65. The van der Waals surface area contributed by atoms with Gasteiger partial charge in [0.1, 0.15) is 0 Å². The van der Waals surface area contributed by atoms with Crippen LogP contribution >= 0.6 is 0 Å². The Hall–Kier alpha value is -0.120. The quantitative estimate of drug-likeness (QED) is 0.754. The van der Waals surface area contributed by atoms with E-state index in [1.165, 1.54) is 84.3 Å². The van der Waals surface area contributed by atoms with E-state index in [1.807, 2.05) is 0 Å². The van der Waals surface area contributed by atoms with Gasteiger partial charge in [0.15, 0.2) is 0 Å². The van der Waals surface area contributed by atoms with Crippen molar-refractivity contribution in [3.63, 3.8) is 0 Å². The molecule has 0 bridgehead atoms. The zero-order valence-corrected chi connectivity index (χ0v) is 12.2. The van der Waals surface area contributed by atoms with Crippen LogP contribution in [0.2, 0.25) is 0 Å². The van der Waals surface area contributed by atoms with E-state index in [-0.39, 0.29) is 0 Å². The Balaban J connectivity index is 1.50. The van der Waals surface area contributed by atoms with Gasteiger partial charge in [-0.2, -0.15) is 0 Å². The maximum Gasteiger partial charge on any atom is 0.0107 e. The molecule has 0 saturated carbocycles. The molecule has 2 aliphatic heterocycles. The Bertz CT molecular complexity index is 204. The summed E-state index contributed by atoms with van der Waals surface area (Å²) in [5, 5.41) is 3.68. The van der Waals surface area contributed by atoms with E-state index in [1.54, 1.807) is 0 Å². The number of hydrogen-bond donors (Lipinski definition) is 1. The minimum absolute atomic E-state index is 0.922. The van der Waals surface area contributed by atoms with Crippen LogP contribution in [0.1, 0.15) is 38.5 Å². The fourth-order valence-corrected chi connectivity index (χ4v) is 3.17. The first-order chi connectivity index (χ1) is 8.84. The van der Waals surface area contributed by atoms with E-state index in [4.69, 9.17) is 0 Å². The molecule has 0 aromatic heterocycles. The van der Waals surface area contributed by atoms with Crippen molar-refractivity contribution in [1.29, 1.82) is 0 Å². The average molecular weight is 253 g/mol. The third-order valence-corrected chi connectivity index (χ3v) is 4.57. The highest BCUT2D eigenvalue weighted by atomic mass is 15.1. The van der Waals surface area contributed by atoms with Crippen molar-refractivity contribution in [3.05, 3.63) is 0 Å². The third kappa shape index (κ3) is 5.25. The fourth-order valence-electron chi connectivity index (χ4n) is 3.17. The Morgan fingerprint density at radius 1 is 0.944 bits per heavy atom. The summed E-state index contributed by atoms with van der Waals surface area (Å²) in [5.41, 5.74) is 0. The molecule has 3 heteroatoms. The molecule has 2 rings (SSSR count). The van der Waals surface area contributed by atoms with Crippen LogP contribution in [0.25, 0.3) is 0 Å². The van der Waals surface area contributed by atoms with Gasteiger partial charge in [-0.25, -0.2) is 0 Å². The maximum atomic E-state index is 3.68. The summed E-state index contributed by atoms with van der Waals surface area (Å²) in [5.74, 6) is 0.922. The highest BCUT2D eigenvalue weighted by Crippen LogP contribution is 2.14. The van der Waals surface area contributed by atoms with Gasteiger partial charge in [0, 0.05) is 13.1 Å². The molecule has 0 unspecified atom stereocenters. The van der Waals surface area contributed by atoms with Crippen LogP contribution in [-0.2, 0) is 0 Å². The summed E-state index contributed by atoms with van der Waals surface area (Å²) in [4.78, 5) is 5.10. The molecule has 1 N–H and O–H groups in total. The SMILES string of the molecule is CN1CCC(CNCCN2CCCCCC2)CC1. The van der Waals surface area contributed by atoms with Gasteiger partial charge in [-0.15, -0.1) is 0 Å². The summed E-state index contributed by atoms with van der Waals surface area (Å²) in [6.45, 7) is 8.92. The second kappa shape index (κ2) is 8.13. The van der Waals surface area contributed by atoms with Gasteiger partial charge in [-0.1, -0.05) is 12.8 Å². The van der Waals surface area contributed by atoms with E-state index in [2.05, 4.69) is 22.2 Å². The van der Waals surface area contributed by atoms with Crippen molar-refractivity contribution >= 4 is 0 Å². The molecule has 2 heterocycles. The monoisotopic (exact) mass is 253 g/mol. The van der Waals surface area contributed by atoms with Crippen molar-refractivity contribution in [2.45, 2.75) is 38.5 Å². The lowest BCUT2D eigenvalue weighted by Gasteiger charge is -2.29. The number of nitrogens with one attached hydrogen (secondary N) is 1. The number of hydrogen-bond acceptors (Lipinski definition) is 3. The highest BCUT2D eigenvalue weighted by Gasteiger charge is 2.16. The zero-order chi connectivity index (χ0) is 12.6. The number of piperidine rings is 1. The van der Waals surface area contributed by atoms with Gasteiger partial charge in [0.2, 0.25) is 0 Å². The van der Waals surface area contributed by atoms with Crippen molar-refractivity contribution in [3.8, 4) is 0 Å². The molecule has 3 nitrogen and oxygen atoms in total.